The van der Waals surface area contributed by atoms with E-state index in [9.17, 15) is 9.90 Å². The van der Waals surface area contributed by atoms with E-state index in [-0.39, 0.29) is 11.6 Å². The summed E-state index contributed by atoms with van der Waals surface area (Å²) < 4.78 is 5.78. The van der Waals surface area contributed by atoms with Gasteiger partial charge >= 0.3 is 5.97 Å². The highest BCUT2D eigenvalue weighted by atomic mass is 16.5. The fourth-order valence-electron chi connectivity index (χ4n) is 5.27. The first-order valence-corrected chi connectivity index (χ1v) is 14.4. The number of aromatic nitrogens is 2. The molecule has 41 heavy (non-hydrogen) atoms. The Morgan fingerprint density at radius 3 is 2.02 bits per heavy atom. The molecule has 4 aromatic rings. The molecule has 1 fully saturated rings. The van der Waals surface area contributed by atoms with Gasteiger partial charge in [0, 0.05) is 32.4 Å². The Balaban J connectivity index is 1.27. The van der Waals surface area contributed by atoms with Crippen molar-refractivity contribution in [2.45, 2.75) is 32.7 Å². The number of carboxylic acid groups (broad SMARTS) is 1. The molecule has 0 unspecified atom stereocenters. The van der Waals surface area contributed by atoms with E-state index < -0.39 is 5.97 Å². The van der Waals surface area contributed by atoms with E-state index in [1.165, 1.54) is 17.3 Å². The van der Waals surface area contributed by atoms with Crippen LogP contribution in [0.25, 0.3) is 0 Å². The van der Waals surface area contributed by atoms with Crippen LogP contribution in [-0.4, -0.2) is 58.7 Å². The van der Waals surface area contributed by atoms with Gasteiger partial charge in [-0.05, 0) is 47.6 Å². The molecule has 0 aliphatic carbocycles. The number of hydrogen-bond donors (Lipinski definition) is 1. The summed E-state index contributed by atoms with van der Waals surface area (Å²) in [5.74, 6) is 0.910. The number of piperazine rings is 1. The Hall–Kier alpha value is -4.23. The molecule has 1 aromatic heterocycles. The van der Waals surface area contributed by atoms with Crippen LogP contribution < -0.4 is 9.64 Å². The molecule has 7 heteroatoms. The molecule has 0 radical (unpaired) electrons. The van der Waals surface area contributed by atoms with Crippen molar-refractivity contribution in [1.29, 1.82) is 0 Å². The zero-order chi connectivity index (χ0) is 28.6. The molecule has 1 N–H and O–H groups in total. The van der Waals surface area contributed by atoms with Gasteiger partial charge in [0.1, 0.15) is 5.75 Å². The van der Waals surface area contributed by atoms with Crippen LogP contribution in [0.3, 0.4) is 0 Å². The number of anilines is 1. The third-order valence-electron chi connectivity index (χ3n) is 7.44. The summed E-state index contributed by atoms with van der Waals surface area (Å²) >= 11 is 0. The number of hydrogen-bond acceptors (Lipinski definition) is 6. The molecule has 5 rings (SSSR count). The molecule has 1 aliphatic heterocycles. The second-order valence-corrected chi connectivity index (χ2v) is 10.9. The summed E-state index contributed by atoms with van der Waals surface area (Å²) in [5.41, 5.74) is 4.39. The lowest BCUT2D eigenvalue weighted by molar-refractivity contribution is 0.0694. The van der Waals surface area contributed by atoms with E-state index in [4.69, 9.17) is 9.72 Å². The van der Waals surface area contributed by atoms with Gasteiger partial charge in [-0.3, -0.25) is 4.90 Å². The average Bonchev–Trinajstić information content (AvgIpc) is 3.01. The largest absolute Gasteiger partial charge is 0.493 e. The molecule has 212 valence electrons. The van der Waals surface area contributed by atoms with Gasteiger partial charge in [-0.25, -0.2) is 14.8 Å². The van der Waals surface area contributed by atoms with Gasteiger partial charge in [-0.15, -0.1) is 0 Å². The van der Waals surface area contributed by atoms with E-state index in [2.05, 4.69) is 89.3 Å². The van der Waals surface area contributed by atoms with Crippen molar-refractivity contribution in [2.75, 3.05) is 37.7 Å². The molecule has 1 saturated heterocycles. The molecule has 0 amide bonds. The van der Waals surface area contributed by atoms with Crippen LogP contribution in [0.15, 0.2) is 91.1 Å². The number of benzene rings is 3. The third-order valence-corrected chi connectivity index (χ3v) is 7.44. The lowest BCUT2D eigenvalue weighted by Crippen LogP contribution is -2.48. The SMILES string of the molecule is CC(C)COc1ccc(CCc2nc(N3CCN(C(c4ccccc4)c4ccccc4)CC3)ncc2C(=O)O)cc1. The fourth-order valence-corrected chi connectivity index (χ4v) is 5.27. The molecule has 0 spiro atoms. The molecular weight excluding hydrogens is 512 g/mol. The van der Waals surface area contributed by atoms with E-state index in [1.54, 1.807) is 0 Å². The zero-order valence-corrected chi connectivity index (χ0v) is 23.8. The lowest BCUT2D eigenvalue weighted by atomic mass is 9.96. The van der Waals surface area contributed by atoms with E-state index >= 15 is 0 Å². The Morgan fingerprint density at radius 1 is 0.854 bits per heavy atom. The molecule has 2 heterocycles. The molecule has 0 bridgehead atoms. The number of aryl methyl sites for hydroxylation is 2. The Bertz CT molecular complexity index is 1360. The first kappa shape index (κ1) is 28.3. The Kier molecular flexibility index (Phi) is 9.26. The van der Waals surface area contributed by atoms with Crippen molar-refractivity contribution in [3.8, 4) is 5.75 Å². The van der Waals surface area contributed by atoms with Crippen molar-refractivity contribution < 1.29 is 14.6 Å². The van der Waals surface area contributed by atoms with Crippen LogP contribution in [0.1, 0.15) is 52.6 Å². The van der Waals surface area contributed by atoms with Gasteiger partial charge in [-0.2, -0.15) is 0 Å². The number of carbonyl (C=O) groups is 1. The molecule has 0 atom stereocenters. The van der Waals surface area contributed by atoms with Crippen molar-refractivity contribution >= 4 is 11.9 Å². The van der Waals surface area contributed by atoms with Gasteiger partial charge in [0.15, 0.2) is 0 Å². The zero-order valence-electron chi connectivity index (χ0n) is 23.8. The number of aromatic carboxylic acids is 1. The van der Waals surface area contributed by atoms with Gasteiger partial charge < -0.3 is 14.7 Å². The van der Waals surface area contributed by atoms with Crippen LogP contribution in [-0.2, 0) is 12.8 Å². The smallest absolute Gasteiger partial charge is 0.339 e. The molecule has 3 aromatic carbocycles. The second-order valence-electron chi connectivity index (χ2n) is 10.9. The van der Waals surface area contributed by atoms with Crippen LogP contribution in [0.5, 0.6) is 5.75 Å². The molecule has 1 aliphatic rings. The summed E-state index contributed by atoms with van der Waals surface area (Å²) in [6, 6.07) is 29.4. The summed E-state index contributed by atoms with van der Waals surface area (Å²) in [4.78, 5) is 25.9. The number of carboxylic acids is 1. The predicted molar refractivity (Wildman–Crippen MR) is 162 cm³/mol. The van der Waals surface area contributed by atoms with Crippen LogP contribution in [0.2, 0.25) is 0 Å². The van der Waals surface area contributed by atoms with Crippen LogP contribution in [0.4, 0.5) is 5.95 Å². The monoisotopic (exact) mass is 550 g/mol. The quantitative estimate of drug-likeness (QED) is 0.249. The highest BCUT2D eigenvalue weighted by Gasteiger charge is 2.28. The maximum absolute atomic E-state index is 12.0. The van der Waals surface area contributed by atoms with Crippen LogP contribution in [0, 0.1) is 5.92 Å². The predicted octanol–water partition coefficient (Wildman–Crippen LogP) is 5.91. The third kappa shape index (κ3) is 7.30. The van der Waals surface area contributed by atoms with E-state index in [1.807, 2.05) is 24.3 Å². The van der Waals surface area contributed by atoms with Crippen molar-refractivity contribution in [1.82, 2.24) is 14.9 Å². The fraction of sp³-hybridized carbons (Fsp3) is 0.324. The average molecular weight is 551 g/mol. The normalized spacial score (nSPS) is 14.0. The topological polar surface area (TPSA) is 78.8 Å². The van der Waals surface area contributed by atoms with Gasteiger partial charge in [0.05, 0.1) is 23.9 Å². The summed E-state index contributed by atoms with van der Waals surface area (Å²) in [6.45, 7) is 8.14. The first-order valence-electron chi connectivity index (χ1n) is 14.4. The van der Waals surface area contributed by atoms with Crippen molar-refractivity contribution in [2.24, 2.45) is 5.92 Å². The van der Waals surface area contributed by atoms with Gasteiger partial charge in [-0.1, -0.05) is 86.6 Å². The minimum absolute atomic E-state index is 0.164. The minimum Gasteiger partial charge on any atom is -0.493 e. The number of rotatable bonds is 11. The van der Waals surface area contributed by atoms with E-state index in [0.29, 0.717) is 37.0 Å². The Morgan fingerprint density at radius 2 is 1.46 bits per heavy atom. The lowest BCUT2D eigenvalue weighted by Gasteiger charge is -2.39. The summed E-state index contributed by atoms with van der Waals surface area (Å²) in [6.07, 6.45) is 2.67. The minimum atomic E-state index is -0.998. The van der Waals surface area contributed by atoms with Crippen LogP contribution >= 0.6 is 0 Å². The summed E-state index contributed by atoms with van der Waals surface area (Å²) in [7, 11) is 0. The molecule has 0 saturated carbocycles. The van der Waals surface area contributed by atoms with Crippen molar-refractivity contribution in [3.05, 3.63) is 119 Å². The van der Waals surface area contributed by atoms with Crippen molar-refractivity contribution in [3.63, 3.8) is 0 Å². The summed E-state index contributed by atoms with van der Waals surface area (Å²) in [5, 5.41) is 9.80. The molecule has 7 nitrogen and oxygen atoms in total. The molecular formula is C34H38N4O3. The number of ether oxygens (including phenoxy) is 1. The second kappa shape index (κ2) is 13.4. The standard InChI is InChI=1S/C34H38N4O3/c1-25(2)24-41-29-16-13-26(14-17-29)15-18-31-30(33(39)40)23-35-34(36-31)38-21-19-37(20-22-38)32(27-9-5-3-6-10-27)28-11-7-4-8-12-28/h3-14,16-17,23,25,32H,15,18-22,24H2,1-2H3,(H,39,40). The van der Waals surface area contributed by atoms with E-state index in [0.717, 1.165) is 37.5 Å². The first-order chi connectivity index (χ1) is 20.0. The van der Waals surface area contributed by atoms with Gasteiger partial charge in [0.2, 0.25) is 5.95 Å². The highest BCUT2D eigenvalue weighted by Crippen LogP contribution is 2.30. The highest BCUT2D eigenvalue weighted by molar-refractivity contribution is 5.88. The maximum atomic E-state index is 12.0. The van der Waals surface area contributed by atoms with Gasteiger partial charge in [0.25, 0.3) is 0 Å². The number of nitrogens with zero attached hydrogens (tertiary/aromatic N) is 4. The Labute approximate surface area is 242 Å². The maximum Gasteiger partial charge on any atom is 0.339 e.